The highest BCUT2D eigenvalue weighted by molar-refractivity contribution is 5.77. The van der Waals surface area contributed by atoms with Gasteiger partial charge in [0.25, 0.3) is 0 Å². The van der Waals surface area contributed by atoms with Crippen LogP contribution in [0.1, 0.15) is 45.1 Å². The number of hydrogen-bond acceptors (Lipinski definition) is 3. The van der Waals surface area contributed by atoms with Gasteiger partial charge in [-0.05, 0) is 63.2 Å². The molecule has 0 radical (unpaired) electrons. The summed E-state index contributed by atoms with van der Waals surface area (Å²) in [7, 11) is 0. The molecule has 0 aliphatic carbocycles. The first kappa shape index (κ1) is 17.2. The topological polar surface area (TPSA) is 36.4 Å². The van der Waals surface area contributed by atoms with Gasteiger partial charge in [-0.3, -0.25) is 14.7 Å². The number of nitrogens with zero attached hydrogens (tertiary/aromatic N) is 3. The Bertz CT molecular complexity index is 588. The van der Waals surface area contributed by atoms with Crippen LogP contribution in [0.4, 0.5) is 0 Å². The van der Waals surface area contributed by atoms with Crippen molar-refractivity contribution in [3.8, 4) is 0 Å². The van der Waals surface area contributed by atoms with Gasteiger partial charge in [0.15, 0.2) is 0 Å². The number of aromatic nitrogens is 1. The van der Waals surface area contributed by atoms with Crippen molar-refractivity contribution in [1.82, 2.24) is 14.8 Å². The fourth-order valence-electron chi connectivity index (χ4n) is 4.00. The molecule has 3 rings (SSSR count). The van der Waals surface area contributed by atoms with Crippen LogP contribution in [0.5, 0.6) is 0 Å². The van der Waals surface area contributed by atoms with Crippen LogP contribution in [0, 0.1) is 5.41 Å². The first-order valence-corrected chi connectivity index (χ1v) is 9.11. The summed E-state index contributed by atoms with van der Waals surface area (Å²) in [5, 5.41) is 0. The number of piperidine rings is 2. The molecule has 1 spiro atoms. The third-order valence-electron chi connectivity index (χ3n) is 5.73. The highest BCUT2D eigenvalue weighted by atomic mass is 16.2. The van der Waals surface area contributed by atoms with Crippen molar-refractivity contribution in [2.24, 2.45) is 5.41 Å². The average molecular weight is 327 g/mol. The fraction of sp³-hybridized carbons (Fsp3) is 0.600. The van der Waals surface area contributed by atoms with Gasteiger partial charge in [0.2, 0.25) is 5.91 Å². The number of amides is 1. The molecular formula is C20H29N3O. The molecule has 0 N–H and O–H groups in total. The Labute approximate surface area is 145 Å². The second-order valence-corrected chi connectivity index (χ2v) is 7.52. The monoisotopic (exact) mass is 327 g/mol. The van der Waals surface area contributed by atoms with E-state index in [-0.39, 0.29) is 0 Å². The van der Waals surface area contributed by atoms with E-state index < -0.39 is 0 Å². The molecule has 1 aromatic rings. The smallest absolute Gasteiger partial charge is 0.222 e. The summed E-state index contributed by atoms with van der Waals surface area (Å²) >= 11 is 0. The van der Waals surface area contributed by atoms with Crippen molar-refractivity contribution in [3.63, 3.8) is 0 Å². The van der Waals surface area contributed by atoms with Crippen LogP contribution in [0.2, 0.25) is 0 Å². The van der Waals surface area contributed by atoms with Gasteiger partial charge in [-0.25, -0.2) is 0 Å². The number of likely N-dealkylation sites (tertiary alicyclic amines) is 2. The predicted octanol–water partition coefficient (Wildman–Crippen LogP) is 3.25. The Balaban J connectivity index is 1.60. The molecule has 0 atom stereocenters. The molecule has 0 bridgehead atoms. The van der Waals surface area contributed by atoms with E-state index in [1.807, 2.05) is 12.3 Å². The van der Waals surface area contributed by atoms with E-state index in [4.69, 9.17) is 0 Å². The van der Waals surface area contributed by atoms with Crippen molar-refractivity contribution < 1.29 is 4.79 Å². The number of pyridine rings is 1. The third kappa shape index (κ3) is 4.04. The Hall–Kier alpha value is -1.68. The number of allylic oxidation sites excluding steroid dienone is 1. The molecule has 0 saturated carbocycles. The van der Waals surface area contributed by atoms with E-state index in [1.165, 1.54) is 18.4 Å². The molecule has 4 heteroatoms. The lowest BCUT2D eigenvalue weighted by molar-refractivity contribution is -0.139. The van der Waals surface area contributed by atoms with Crippen LogP contribution in [0.25, 0.3) is 0 Å². The van der Waals surface area contributed by atoms with Crippen LogP contribution in [-0.4, -0.2) is 46.9 Å². The maximum Gasteiger partial charge on any atom is 0.222 e. The lowest BCUT2D eigenvalue weighted by Crippen LogP contribution is -2.51. The van der Waals surface area contributed by atoms with E-state index in [0.717, 1.165) is 38.2 Å². The van der Waals surface area contributed by atoms with Gasteiger partial charge in [-0.15, -0.1) is 0 Å². The highest BCUT2D eigenvalue weighted by Gasteiger charge is 2.40. The van der Waals surface area contributed by atoms with Crippen molar-refractivity contribution in [3.05, 3.63) is 41.7 Å². The minimum absolute atomic E-state index is 0.302. The summed E-state index contributed by atoms with van der Waals surface area (Å²) in [5.74, 6) is 0.302. The first-order valence-electron chi connectivity index (χ1n) is 9.11. The fourth-order valence-corrected chi connectivity index (χ4v) is 4.00. The lowest BCUT2D eigenvalue weighted by Gasteiger charge is -2.47. The largest absolute Gasteiger partial charge is 0.338 e. The molecule has 4 nitrogen and oxygen atoms in total. The van der Waals surface area contributed by atoms with E-state index in [2.05, 4.69) is 40.8 Å². The molecule has 1 amide bonds. The van der Waals surface area contributed by atoms with Crippen molar-refractivity contribution >= 4 is 5.91 Å². The molecule has 2 aliphatic rings. The van der Waals surface area contributed by atoms with Gasteiger partial charge in [0.1, 0.15) is 0 Å². The number of hydrogen-bond donors (Lipinski definition) is 0. The standard InChI is InChI=1S/C20H29N3O/c1-3-17(2)14-22-11-8-20(9-12-22)7-6-19(24)23(16-20)15-18-5-4-10-21-13-18/h3-5,10,13H,6-9,11-12,14-16H2,1-2H3. The number of carbonyl (C=O) groups is 1. The van der Waals surface area contributed by atoms with Crippen LogP contribution < -0.4 is 0 Å². The maximum atomic E-state index is 12.4. The molecule has 130 valence electrons. The third-order valence-corrected chi connectivity index (χ3v) is 5.73. The van der Waals surface area contributed by atoms with Gasteiger partial charge in [0.05, 0.1) is 0 Å². The minimum atomic E-state index is 0.302. The van der Waals surface area contributed by atoms with Crippen LogP contribution in [0.15, 0.2) is 36.2 Å². The zero-order chi connectivity index (χ0) is 17.0. The number of carbonyl (C=O) groups excluding carboxylic acids is 1. The molecule has 1 aromatic heterocycles. The Kier molecular flexibility index (Phi) is 5.34. The molecule has 2 saturated heterocycles. The summed E-state index contributed by atoms with van der Waals surface area (Å²) in [6.45, 7) is 9.33. The normalized spacial score (nSPS) is 22.2. The summed E-state index contributed by atoms with van der Waals surface area (Å²) in [4.78, 5) is 21.2. The van der Waals surface area contributed by atoms with Gasteiger partial charge in [-0.2, -0.15) is 0 Å². The molecule has 3 heterocycles. The summed E-state index contributed by atoms with van der Waals surface area (Å²) in [6.07, 6.45) is 10.0. The Morgan fingerprint density at radius 3 is 2.79 bits per heavy atom. The molecule has 24 heavy (non-hydrogen) atoms. The van der Waals surface area contributed by atoms with Crippen LogP contribution in [-0.2, 0) is 11.3 Å². The second-order valence-electron chi connectivity index (χ2n) is 7.52. The van der Waals surface area contributed by atoms with E-state index in [1.54, 1.807) is 6.20 Å². The second kappa shape index (κ2) is 7.47. The predicted molar refractivity (Wildman–Crippen MR) is 96.4 cm³/mol. The number of rotatable bonds is 4. The lowest BCUT2D eigenvalue weighted by atomic mass is 9.72. The first-order chi connectivity index (χ1) is 11.6. The van der Waals surface area contributed by atoms with E-state index in [9.17, 15) is 4.79 Å². The Morgan fingerprint density at radius 1 is 1.33 bits per heavy atom. The summed E-state index contributed by atoms with van der Waals surface area (Å²) in [5.41, 5.74) is 2.91. The summed E-state index contributed by atoms with van der Waals surface area (Å²) in [6, 6.07) is 4.01. The molecule has 0 unspecified atom stereocenters. The van der Waals surface area contributed by atoms with Crippen molar-refractivity contribution in [2.75, 3.05) is 26.2 Å². The van der Waals surface area contributed by atoms with Gasteiger partial charge in [0, 0.05) is 38.4 Å². The maximum absolute atomic E-state index is 12.4. The van der Waals surface area contributed by atoms with Crippen LogP contribution >= 0.6 is 0 Å². The highest BCUT2D eigenvalue weighted by Crippen LogP contribution is 2.40. The Morgan fingerprint density at radius 2 is 2.12 bits per heavy atom. The van der Waals surface area contributed by atoms with Gasteiger partial charge < -0.3 is 4.90 Å². The van der Waals surface area contributed by atoms with Gasteiger partial charge in [-0.1, -0.05) is 17.7 Å². The van der Waals surface area contributed by atoms with Gasteiger partial charge >= 0.3 is 0 Å². The minimum Gasteiger partial charge on any atom is -0.338 e. The molecular weight excluding hydrogens is 298 g/mol. The van der Waals surface area contributed by atoms with Crippen molar-refractivity contribution in [2.45, 2.75) is 46.1 Å². The SMILES string of the molecule is CC=C(C)CN1CCC2(CCC(=O)N(Cc3cccnc3)C2)CC1. The zero-order valence-corrected chi connectivity index (χ0v) is 15.0. The zero-order valence-electron chi connectivity index (χ0n) is 15.0. The van der Waals surface area contributed by atoms with Crippen molar-refractivity contribution in [1.29, 1.82) is 0 Å². The quantitative estimate of drug-likeness (QED) is 0.797. The van der Waals surface area contributed by atoms with E-state index in [0.29, 0.717) is 24.3 Å². The average Bonchev–Trinajstić information content (AvgIpc) is 2.61. The summed E-state index contributed by atoms with van der Waals surface area (Å²) < 4.78 is 0. The molecule has 0 aromatic carbocycles. The molecule has 2 fully saturated rings. The van der Waals surface area contributed by atoms with Crippen LogP contribution in [0.3, 0.4) is 0 Å². The molecule has 2 aliphatic heterocycles. The van der Waals surface area contributed by atoms with E-state index >= 15 is 0 Å².